The highest BCUT2D eigenvalue weighted by Gasteiger charge is 2.34. The molecule has 3 saturated heterocycles. The summed E-state index contributed by atoms with van der Waals surface area (Å²) in [5.41, 5.74) is 0. The third-order valence-corrected chi connectivity index (χ3v) is 5.71. The van der Waals surface area contributed by atoms with Gasteiger partial charge >= 0.3 is 0 Å². The molecule has 3 fully saturated rings. The summed E-state index contributed by atoms with van der Waals surface area (Å²) in [5.74, 6) is 0.878. The number of nitrogens with zero attached hydrogens (tertiary/aromatic N) is 1. The van der Waals surface area contributed by atoms with Crippen LogP contribution in [0.5, 0.6) is 0 Å². The fourth-order valence-corrected chi connectivity index (χ4v) is 4.50. The van der Waals surface area contributed by atoms with Gasteiger partial charge in [-0.2, -0.15) is 0 Å². The quantitative estimate of drug-likeness (QED) is 0.814. The lowest BCUT2D eigenvalue weighted by molar-refractivity contribution is -0.122. The predicted molar refractivity (Wildman–Crippen MR) is 85.2 cm³/mol. The molecule has 2 N–H and O–H groups in total. The number of hydrogen-bond donors (Lipinski definition) is 2. The predicted octanol–water partition coefficient (Wildman–Crippen LogP) is 1.90. The molecule has 1 amide bonds. The molecule has 4 nitrogen and oxygen atoms in total. The van der Waals surface area contributed by atoms with E-state index in [9.17, 15) is 4.79 Å². The molecule has 3 aliphatic heterocycles. The Morgan fingerprint density at radius 3 is 2.67 bits per heavy atom. The monoisotopic (exact) mass is 293 g/mol. The Bertz CT molecular complexity index is 348. The maximum Gasteiger partial charge on any atom is 0.220 e. The van der Waals surface area contributed by atoms with Crippen LogP contribution in [-0.4, -0.2) is 48.6 Å². The molecular formula is C17H31N3O. The SMILES string of the molecule is CC1CCCCN1CCNC(=O)CC1CC2CCC(C1)N2. The van der Waals surface area contributed by atoms with Crippen molar-refractivity contribution in [3.8, 4) is 0 Å². The van der Waals surface area contributed by atoms with Gasteiger partial charge < -0.3 is 10.6 Å². The molecule has 3 heterocycles. The van der Waals surface area contributed by atoms with Crippen molar-refractivity contribution in [3.05, 3.63) is 0 Å². The number of rotatable bonds is 5. The normalized spacial score (nSPS) is 36.6. The van der Waals surface area contributed by atoms with Crippen molar-refractivity contribution in [2.24, 2.45) is 5.92 Å². The number of fused-ring (bicyclic) bond motifs is 2. The molecule has 0 aromatic rings. The number of hydrogen-bond acceptors (Lipinski definition) is 3. The number of nitrogens with one attached hydrogen (secondary N) is 2. The van der Waals surface area contributed by atoms with Crippen LogP contribution in [-0.2, 0) is 4.79 Å². The van der Waals surface area contributed by atoms with Crippen LogP contribution in [0.3, 0.4) is 0 Å². The lowest BCUT2D eigenvalue weighted by Gasteiger charge is -2.33. The maximum atomic E-state index is 12.1. The van der Waals surface area contributed by atoms with Crippen LogP contribution in [0.4, 0.5) is 0 Å². The number of carbonyl (C=O) groups excluding carboxylic acids is 1. The molecular weight excluding hydrogens is 262 g/mol. The average Bonchev–Trinajstić information content (AvgIpc) is 2.80. The second-order valence-electron chi connectivity index (χ2n) is 7.41. The van der Waals surface area contributed by atoms with Crippen LogP contribution in [0.2, 0.25) is 0 Å². The molecule has 3 rings (SSSR count). The van der Waals surface area contributed by atoms with Crippen molar-refractivity contribution in [2.45, 2.75) is 76.4 Å². The zero-order chi connectivity index (χ0) is 14.7. The van der Waals surface area contributed by atoms with Gasteiger partial charge in [-0.1, -0.05) is 6.42 Å². The first kappa shape index (κ1) is 15.3. The fourth-order valence-electron chi connectivity index (χ4n) is 4.50. The lowest BCUT2D eigenvalue weighted by Crippen LogP contribution is -2.43. The van der Waals surface area contributed by atoms with E-state index >= 15 is 0 Å². The summed E-state index contributed by atoms with van der Waals surface area (Å²) in [7, 11) is 0. The van der Waals surface area contributed by atoms with Gasteiger partial charge in [0.2, 0.25) is 5.91 Å². The summed E-state index contributed by atoms with van der Waals surface area (Å²) in [5, 5.41) is 6.79. The van der Waals surface area contributed by atoms with Gasteiger partial charge in [-0.15, -0.1) is 0 Å². The standard InChI is InChI=1S/C17H31N3O/c1-13-4-2-3-8-20(13)9-7-18-17(21)12-14-10-15-5-6-16(11-14)19-15/h13-16,19H,2-12H2,1H3,(H,18,21). The first-order valence-electron chi connectivity index (χ1n) is 8.97. The van der Waals surface area contributed by atoms with Gasteiger partial charge in [0.25, 0.3) is 0 Å². The van der Waals surface area contributed by atoms with Crippen molar-refractivity contribution in [3.63, 3.8) is 0 Å². The summed E-state index contributed by atoms with van der Waals surface area (Å²) in [6.07, 6.45) is 9.76. The number of piperidine rings is 2. The smallest absolute Gasteiger partial charge is 0.220 e. The first-order chi connectivity index (χ1) is 10.2. The van der Waals surface area contributed by atoms with Crippen LogP contribution in [0.1, 0.15) is 58.3 Å². The Labute approximate surface area is 129 Å². The second kappa shape index (κ2) is 7.10. The molecule has 3 unspecified atom stereocenters. The van der Waals surface area contributed by atoms with E-state index < -0.39 is 0 Å². The van der Waals surface area contributed by atoms with Gasteiger partial charge in [-0.05, 0) is 57.9 Å². The summed E-state index contributed by atoms with van der Waals surface area (Å²) in [6, 6.07) is 2.07. The molecule has 120 valence electrons. The van der Waals surface area contributed by atoms with Crippen molar-refractivity contribution >= 4 is 5.91 Å². The Balaban J connectivity index is 1.33. The highest BCUT2D eigenvalue weighted by Crippen LogP contribution is 2.32. The second-order valence-corrected chi connectivity index (χ2v) is 7.41. The highest BCUT2D eigenvalue weighted by atomic mass is 16.1. The molecule has 21 heavy (non-hydrogen) atoms. The minimum atomic E-state index is 0.269. The van der Waals surface area contributed by atoms with Gasteiger partial charge in [-0.3, -0.25) is 9.69 Å². The minimum Gasteiger partial charge on any atom is -0.355 e. The van der Waals surface area contributed by atoms with Gasteiger partial charge in [0, 0.05) is 37.6 Å². The molecule has 0 aromatic carbocycles. The largest absolute Gasteiger partial charge is 0.355 e. The Morgan fingerprint density at radius 2 is 1.95 bits per heavy atom. The van der Waals surface area contributed by atoms with Crippen LogP contribution < -0.4 is 10.6 Å². The molecule has 0 aliphatic carbocycles. The lowest BCUT2D eigenvalue weighted by atomic mass is 9.89. The van der Waals surface area contributed by atoms with Crippen LogP contribution >= 0.6 is 0 Å². The summed E-state index contributed by atoms with van der Waals surface area (Å²) < 4.78 is 0. The highest BCUT2D eigenvalue weighted by molar-refractivity contribution is 5.76. The van der Waals surface area contributed by atoms with Crippen molar-refractivity contribution in [1.29, 1.82) is 0 Å². The van der Waals surface area contributed by atoms with E-state index in [1.165, 1.54) is 51.5 Å². The molecule has 2 bridgehead atoms. The molecule has 0 saturated carbocycles. The molecule has 4 heteroatoms. The van der Waals surface area contributed by atoms with Gasteiger partial charge in [0.1, 0.15) is 0 Å². The Kier molecular flexibility index (Phi) is 5.17. The zero-order valence-corrected chi connectivity index (χ0v) is 13.4. The van der Waals surface area contributed by atoms with Crippen LogP contribution in [0, 0.1) is 5.92 Å². The van der Waals surface area contributed by atoms with Crippen LogP contribution in [0.15, 0.2) is 0 Å². The average molecular weight is 293 g/mol. The summed E-state index contributed by atoms with van der Waals surface area (Å²) >= 11 is 0. The third kappa shape index (κ3) is 4.19. The molecule has 3 aliphatic rings. The number of likely N-dealkylation sites (tertiary alicyclic amines) is 1. The van der Waals surface area contributed by atoms with Crippen molar-refractivity contribution in [2.75, 3.05) is 19.6 Å². The van der Waals surface area contributed by atoms with Gasteiger partial charge in [-0.25, -0.2) is 0 Å². The summed E-state index contributed by atoms with van der Waals surface area (Å²) in [6.45, 7) is 5.35. The van der Waals surface area contributed by atoms with Crippen LogP contribution in [0.25, 0.3) is 0 Å². The van der Waals surface area contributed by atoms with E-state index in [1.54, 1.807) is 0 Å². The molecule has 3 atom stereocenters. The van der Waals surface area contributed by atoms with E-state index in [2.05, 4.69) is 22.5 Å². The van der Waals surface area contributed by atoms with E-state index in [0.717, 1.165) is 19.5 Å². The Hall–Kier alpha value is -0.610. The first-order valence-corrected chi connectivity index (χ1v) is 8.97. The number of carbonyl (C=O) groups is 1. The van der Waals surface area contributed by atoms with E-state index in [0.29, 0.717) is 24.0 Å². The number of amides is 1. The molecule has 0 spiro atoms. The summed E-state index contributed by atoms with van der Waals surface area (Å²) in [4.78, 5) is 14.6. The third-order valence-electron chi connectivity index (χ3n) is 5.71. The topological polar surface area (TPSA) is 44.4 Å². The van der Waals surface area contributed by atoms with Gasteiger partial charge in [0.05, 0.1) is 0 Å². The Morgan fingerprint density at radius 1 is 1.19 bits per heavy atom. The van der Waals surface area contributed by atoms with E-state index in [-0.39, 0.29) is 5.91 Å². The van der Waals surface area contributed by atoms with E-state index in [4.69, 9.17) is 0 Å². The van der Waals surface area contributed by atoms with Crippen molar-refractivity contribution < 1.29 is 4.79 Å². The van der Waals surface area contributed by atoms with Crippen molar-refractivity contribution in [1.82, 2.24) is 15.5 Å². The van der Waals surface area contributed by atoms with E-state index in [1.807, 2.05) is 0 Å². The minimum absolute atomic E-state index is 0.269. The van der Waals surface area contributed by atoms with Gasteiger partial charge in [0.15, 0.2) is 0 Å². The molecule has 0 aromatic heterocycles. The fraction of sp³-hybridized carbons (Fsp3) is 0.941. The maximum absolute atomic E-state index is 12.1. The zero-order valence-electron chi connectivity index (χ0n) is 13.4. The molecule has 0 radical (unpaired) electrons.